The smallest absolute Gasteiger partial charge is 0.399 e. The average Bonchev–Trinajstić information content (AvgIpc) is 2.67. The fraction of sp³-hybridized carbons (Fsp3) is 0.158. The average molecular weight is 421 g/mol. The number of nitrogens with two attached hydrogens (primary N) is 1. The van der Waals surface area contributed by atoms with E-state index in [4.69, 9.17) is 5.73 Å². The molecule has 2 heterocycles. The molecule has 30 heavy (non-hydrogen) atoms. The van der Waals surface area contributed by atoms with Crippen LogP contribution >= 0.6 is 0 Å². The van der Waals surface area contributed by atoms with Crippen LogP contribution < -0.4 is 16.6 Å². The van der Waals surface area contributed by atoms with Crippen LogP contribution in [-0.4, -0.2) is 20.7 Å². The Morgan fingerprint density at radius 1 is 1.20 bits per heavy atom. The monoisotopic (exact) mass is 421 g/mol. The van der Waals surface area contributed by atoms with Crippen molar-refractivity contribution in [3.8, 4) is 5.69 Å². The van der Waals surface area contributed by atoms with E-state index >= 15 is 0 Å². The Morgan fingerprint density at radius 3 is 2.60 bits per heavy atom. The molecule has 0 saturated heterocycles. The zero-order valence-corrected chi connectivity index (χ0v) is 15.4. The van der Waals surface area contributed by atoms with Crippen LogP contribution in [0, 0.1) is 5.95 Å². The lowest BCUT2D eigenvalue weighted by Gasteiger charge is -2.17. The summed E-state index contributed by atoms with van der Waals surface area (Å²) in [5.74, 6) is -1.74. The van der Waals surface area contributed by atoms with Gasteiger partial charge in [0.05, 0.1) is 11.6 Å². The molecular weight excluding hydrogens is 406 g/mol. The van der Waals surface area contributed by atoms with Gasteiger partial charge in [0.25, 0.3) is 11.5 Å². The van der Waals surface area contributed by atoms with Gasteiger partial charge in [-0.1, -0.05) is 0 Å². The number of alkyl halides is 3. The minimum atomic E-state index is -4.60. The Labute approximate surface area is 167 Å². The number of hydrogen-bond donors (Lipinski definition) is 2. The quantitative estimate of drug-likeness (QED) is 0.383. The summed E-state index contributed by atoms with van der Waals surface area (Å²) in [5, 5.41) is 6.31. The van der Waals surface area contributed by atoms with Gasteiger partial charge in [0.1, 0.15) is 11.4 Å². The number of pyridine rings is 1. The van der Waals surface area contributed by atoms with Gasteiger partial charge in [0.15, 0.2) is 0 Å². The van der Waals surface area contributed by atoms with Crippen molar-refractivity contribution in [3.63, 3.8) is 0 Å². The predicted molar refractivity (Wildman–Crippen MR) is 99.3 cm³/mol. The van der Waals surface area contributed by atoms with E-state index in [1.54, 1.807) is 0 Å². The van der Waals surface area contributed by atoms with Gasteiger partial charge in [-0.15, -0.1) is 0 Å². The third-order valence-corrected chi connectivity index (χ3v) is 4.15. The number of rotatable bonds is 4. The molecule has 1 amide bonds. The molecule has 1 aromatic carbocycles. The van der Waals surface area contributed by atoms with E-state index in [0.29, 0.717) is 4.68 Å². The molecule has 0 fully saturated rings. The van der Waals surface area contributed by atoms with E-state index in [2.05, 4.69) is 15.4 Å². The van der Waals surface area contributed by atoms with Gasteiger partial charge in [-0.3, -0.25) is 9.59 Å². The SMILES string of the molecule is C[C@@H](NC(=O)c1ccc(=O)n(-c2cccnc2F)n1)c1cc(N)cc(C(F)(F)F)c1. The number of aromatic nitrogens is 3. The number of anilines is 1. The molecule has 0 aliphatic rings. The summed E-state index contributed by atoms with van der Waals surface area (Å²) in [6.07, 6.45) is -3.42. The lowest BCUT2D eigenvalue weighted by Crippen LogP contribution is -2.31. The minimum absolute atomic E-state index is 0.111. The van der Waals surface area contributed by atoms with E-state index in [9.17, 15) is 27.2 Å². The number of carbonyl (C=O) groups excluding carboxylic acids is 1. The minimum Gasteiger partial charge on any atom is -0.399 e. The largest absolute Gasteiger partial charge is 0.416 e. The van der Waals surface area contributed by atoms with Crippen LogP contribution in [0.5, 0.6) is 0 Å². The van der Waals surface area contributed by atoms with Crippen molar-refractivity contribution < 1.29 is 22.4 Å². The second-order valence-electron chi connectivity index (χ2n) is 6.36. The van der Waals surface area contributed by atoms with Crippen molar-refractivity contribution in [1.29, 1.82) is 0 Å². The van der Waals surface area contributed by atoms with Gasteiger partial charge >= 0.3 is 6.18 Å². The standard InChI is InChI=1S/C19H15F4N5O2/c1-10(11-7-12(19(21,22)23)9-13(24)8-11)26-18(30)14-4-5-16(29)28(27-14)15-3-2-6-25-17(15)20/h2-10H,24H2,1H3,(H,26,30)/t10-/m1/s1. The number of carbonyl (C=O) groups is 1. The number of nitrogen functional groups attached to an aromatic ring is 1. The van der Waals surface area contributed by atoms with E-state index in [1.807, 2.05) is 0 Å². The first-order chi connectivity index (χ1) is 14.1. The third kappa shape index (κ3) is 4.45. The number of benzene rings is 1. The summed E-state index contributed by atoms with van der Waals surface area (Å²) in [6, 6.07) is 6.89. The van der Waals surface area contributed by atoms with Crippen molar-refractivity contribution >= 4 is 11.6 Å². The van der Waals surface area contributed by atoms with Crippen LogP contribution in [-0.2, 0) is 6.18 Å². The first-order valence-corrected chi connectivity index (χ1v) is 8.56. The molecule has 3 aromatic rings. The normalized spacial score (nSPS) is 12.4. The van der Waals surface area contributed by atoms with E-state index < -0.39 is 35.2 Å². The molecular formula is C19H15F4N5O2. The first kappa shape index (κ1) is 21.0. The zero-order chi connectivity index (χ0) is 22.1. The molecule has 0 radical (unpaired) electrons. The summed E-state index contributed by atoms with van der Waals surface area (Å²) in [7, 11) is 0. The van der Waals surface area contributed by atoms with Crippen LogP contribution in [0.1, 0.15) is 34.6 Å². The van der Waals surface area contributed by atoms with E-state index in [1.165, 1.54) is 31.3 Å². The number of nitrogens with zero attached hydrogens (tertiary/aromatic N) is 3. The molecule has 0 spiro atoms. The fourth-order valence-electron chi connectivity index (χ4n) is 2.68. The predicted octanol–water partition coefficient (Wildman–Crippen LogP) is 2.86. The van der Waals surface area contributed by atoms with Crippen LogP contribution in [0.3, 0.4) is 0 Å². The van der Waals surface area contributed by atoms with Crippen molar-refractivity contribution in [2.75, 3.05) is 5.73 Å². The van der Waals surface area contributed by atoms with Gasteiger partial charge in [0.2, 0.25) is 5.95 Å². The molecule has 2 aromatic heterocycles. The van der Waals surface area contributed by atoms with E-state index in [-0.39, 0.29) is 22.6 Å². The van der Waals surface area contributed by atoms with Crippen molar-refractivity contribution in [1.82, 2.24) is 20.1 Å². The van der Waals surface area contributed by atoms with Crippen LogP contribution in [0.15, 0.2) is 53.5 Å². The van der Waals surface area contributed by atoms with Crippen LogP contribution in [0.4, 0.5) is 23.2 Å². The Hall–Kier alpha value is -3.76. The Balaban J connectivity index is 1.88. The molecule has 3 rings (SSSR count). The Kier molecular flexibility index (Phi) is 5.54. The maximum atomic E-state index is 13.9. The summed E-state index contributed by atoms with van der Waals surface area (Å²) < 4.78 is 53.5. The molecule has 156 valence electrons. The molecule has 11 heteroatoms. The highest BCUT2D eigenvalue weighted by Crippen LogP contribution is 2.32. The number of halogens is 4. The van der Waals surface area contributed by atoms with E-state index in [0.717, 1.165) is 24.3 Å². The molecule has 1 atom stereocenters. The van der Waals surface area contributed by atoms with Gasteiger partial charge in [0, 0.05) is 18.0 Å². The number of amides is 1. The fourth-order valence-corrected chi connectivity index (χ4v) is 2.68. The van der Waals surface area contributed by atoms with Crippen molar-refractivity contribution in [2.45, 2.75) is 19.1 Å². The van der Waals surface area contributed by atoms with Gasteiger partial charge < -0.3 is 11.1 Å². The highest BCUT2D eigenvalue weighted by atomic mass is 19.4. The van der Waals surface area contributed by atoms with Crippen LogP contribution in [0.25, 0.3) is 5.69 Å². The molecule has 0 aliphatic heterocycles. The second-order valence-corrected chi connectivity index (χ2v) is 6.36. The van der Waals surface area contributed by atoms with Crippen molar-refractivity contribution in [2.24, 2.45) is 0 Å². The van der Waals surface area contributed by atoms with Crippen molar-refractivity contribution in [3.05, 3.63) is 81.8 Å². The number of hydrogen-bond acceptors (Lipinski definition) is 5. The highest BCUT2D eigenvalue weighted by molar-refractivity contribution is 5.92. The van der Waals surface area contributed by atoms with Gasteiger partial charge in [-0.25, -0.2) is 4.98 Å². The molecule has 0 unspecified atom stereocenters. The second kappa shape index (κ2) is 7.93. The van der Waals surface area contributed by atoms with Gasteiger partial charge in [-0.05, 0) is 48.9 Å². The third-order valence-electron chi connectivity index (χ3n) is 4.15. The summed E-state index contributed by atoms with van der Waals surface area (Å²) >= 11 is 0. The molecule has 3 N–H and O–H groups in total. The maximum absolute atomic E-state index is 13.9. The lowest BCUT2D eigenvalue weighted by molar-refractivity contribution is -0.137. The number of nitrogens with one attached hydrogen (secondary N) is 1. The topological polar surface area (TPSA) is 103 Å². The summed E-state index contributed by atoms with van der Waals surface area (Å²) in [6.45, 7) is 1.46. The van der Waals surface area contributed by atoms with Crippen LogP contribution in [0.2, 0.25) is 0 Å². The molecule has 0 bridgehead atoms. The summed E-state index contributed by atoms with van der Waals surface area (Å²) in [4.78, 5) is 28.0. The lowest BCUT2D eigenvalue weighted by atomic mass is 10.0. The Bertz CT molecular complexity index is 1160. The molecule has 7 nitrogen and oxygen atoms in total. The first-order valence-electron chi connectivity index (χ1n) is 8.56. The maximum Gasteiger partial charge on any atom is 0.416 e. The zero-order valence-electron chi connectivity index (χ0n) is 15.4. The van der Waals surface area contributed by atoms with Gasteiger partial charge in [-0.2, -0.15) is 27.3 Å². The molecule has 0 aliphatic carbocycles. The molecule has 0 saturated carbocycles. The highest BCUT2D eigenvalue weighted by Gasteiger charge is 2.31. The summed E-state index contributed by atoms with van der Waals surface area (Å²) in [5.41, 5.74) is 3.42. The Morgan fingerprint density at radius 2 is 1.93 bits per heavy atom.